The fourth-order valence-corrected chi connectivity index (χ4v) is 2.40. The zero-order valence-electron chi connectivity index (χ0n) is 10.5. The van der Waals surface area contributed by atoms with Crippen LogP contribution in [0.15, 0.2) is 22.7 Å². The van der Waals surface area contributed by atoms with E-state index in [1.807, 2.05) is 0 Å². The summed E-state index contributed by atoms with van der Waals surface area (Å²) in [5.41, 5.74) is 1.21. The summed E-state index contributed by atoms with van der Waals surface area (Å²) in [5, 5.41) is 3.52. The van der Waals surface area contributed by atoms with E-state index in [-0.39, 0.29) is 0 Å². The van der Waals surface area contributed by atoms with Crippen molar-refractivity contribution in [3.63, 3.8) is 0 Å². The molecule has 0 amide bonds. The van der Waals surface area contributed by atoms with Gasteiger partial charge in [-0.15, -0.1) is 0 Å². The minimum absolute atomic E-state index is 0.386. The average Bonchev–Trinajstić information content (AvgIpc) is 2.26. The van der Waals surface area contributed by atoms with Crippen LogP contribution in [0.5, 0.6) is 5.75 Å². The van der Waals surface area contributed by atoms with Crippen LogP contribution in [0.1, 0.15) is 31.7 Å². The third-order valence-corrected chi connectivity index (χ3v) is 3.71. The SMILES string of the molecule is CCCNC1CC(Oc2cc(Br)ccc2C)C1. The van der Waals surface area contributed by atoms with Crippen molar-refractivity contribution in [3.05, 3.63) is 28.2 Å². The van der Waals surface area contributed by atoms with Gasteiger partial charge in [0.25, 0.3) is 0 Å². The molecule has 1 N–H and O–H groups in total. The maximum atomic E-state index is 6.00. The molecule has 0 bridgehead atoms. The molecular formula is C14H20BrNO. The minimum atomic E-state index is 0.386. The second kappa shape index (κ2) is 5.87. The summed E-state index contributed by atoms with van der Waals surface area (Å²) in [6, 6.07) is 6.86. The first-order valence-electron chi connectivity index (χ1n) is 6.35. The molecule has 0 atom stereocenters. The van der Waals surface area contributed by atoms with E-state index in [4.69, 9.17) is 4.74 Å². The quantitative estimate of drug-likeness (QED) is 0.895. The van der Waals surface area contributed by atoms with Gasteiger partial charge in [-0.25, -0.2) is 0 Å². The Labute approximate surface area is 112 Å². The minimum Gasteiger partial charge on any atom is -0.490 e. The molecule has 17 heavy (non-hydrogen) atoms. The van der Waals surface area contributed by atoms with E-state index in [0.29, 0.717) is 12.1 Å². The van der Waals surface area contributed by atoms with Gasteiger partial charge in [0.1, 0.15) is 11.9 Å². The van der Waals surface area contributed by atoms with Crippen LogP contribution in [0, 0.1) is 6.92 Å². The van der Waals surface area contributed by atoms with Gasteiger partial charge < -0.3 is 10.1 Å². The van der Waals surface area contributed by atoms with Crippen molar-refractivity contribution in [3.8, 4) is 5.75 Å². The molecule has 2 nitrogen and oxygen atoms in total. The summed E-state index contributed by atoms with van der Waals surface area (Å²) in [6.07, 6.45) is 3.85. The largest absolute Gasteiger partial charge is 0.490 e. The van der Waals surface area contributed by atoms with Gasteiger partial charge in [0, 0.05) is 10.5 Å². The maximum absolute atomic E-state index is 6.00. The molecule has 3 heteroatoms. The number of hydrogen-bond acceptors (Lipinski definition) is 2. The van der Waals surface area contributed by atoms with Crippen LogP contribution in [0.2, 0.25) is 0 Å². The van der Waals surface area contributed by atoms with E-state index in [0.717, 1.165) is 29.6 Å². The Morgan fingerprint density at radius 2 is 2.18 bits per heavy atom. The van der Waals surface area contributed by atoms with Crippen LogP contribution in [0.25, 0.3) is 0 Å². The van der Waals surface area contributed by atoms with E-state index < -0.39 is 0 Å². The molecule has 0 aromatic heterocycles. The molecule has 0 heterocycles. The number of nitrogens with one attached hydrogen (secondary N) is 1. The predicted octanol–water partition coefficient (Wildman–Crippen LogP) is 3.67. The Kier molecular flexibility index (Phi) is 4.46. The highest BCUT2D eigenvalue weighted by atomic mass is 79.9. The molecule has 0 unspecified atom stereocenters. The zero-order valence-corrected chi connectivity index (χ0v) is 12.1. The highest BCUT2D eigenvalue weighted by molar-refractivity contribution is 9.10. The predicted molar refractivity (Wildman–Crippen MR) is 74.6 cm³/mol. The Morgan fingerprint density at radius 3 is 2.88 bits per heavy atom. The molecule has 1 aromatic carbocycles. The third kappa shape index (κ3) is 3.46. The van der Waals surface area contributed by atoms with Gasteiger partial charge in [-0.3, -0.25) is 0 Å². The lowest BCUT2D eigenvalue weighted by molar-refractivity contribution is 0.0845. The molecule has 1 saturated carbocycles. The number of halogens is 1. The summed E-state index contributed by atoms with van der Waals surface area (Å²) < 4.78 is 7.08. The van der Waals surface area contributed by atoms with Gasteiger partial charge in [0.2, 0.25) is 0 Å². The molecule has 0 radical (unpaired) electrons. The van der Waals surface area contributed by atoms with E-state index in [2.05, 4.69) is 53.3 Å². The molecule has 1 aromatic rings. The van der Waals surface area contributed by atoms with Gasteiger partial charge in [0.05, 0.1) is 0 Å². The number of ether oxygens (including phenoxy) is 1. The fraction of sp³-hybridized carbons (Fsp3) is 0.571. The standard InChI is InChI=1S/C14H20BrNO/c1-3-6-16-12-8-13(9-12)17-14-7-11(15)5-4-10(14)2/h4-5,7,12-13,16H,3,6,8-9H2,1-2H3. The Morgan fingerprint density at radius 1 is 1.41 bits per heavy atom. The summed E-state index contributed by atoms with van der Waals surface area (Å²) in [7, 11) is 0. The van der Waals surface area contributed by atoms with Crippen LogP contribution in [-0.2, 0) is 0 Å². The van der Waals surface area contributed by atoms with Crippen molar-refractivity contribution in [2.75, 3.05) is 6.54 Å². The van der Waals surface area contributed by atoms with E-state index in [1.165, 1.54) is 12.0 Å². The van der Waals surface area contributed by atoms with Crippen molar-refractivity contribution in [1.29, 1.82) is 0 Å². The highest BCUT2D eigenvalue weighted by Crippen LogP contribution is 2.29. The first kappa shape index (κ1) is 12.9. The summed E-state index contributed by atoms with van der Waals surface area (Å²) in [5.74, 6) is 1.01. The molecule has 0 aliphatic heterocycles. The molecule has 1 aliphatic rings. The Balaban J connectivity index is 1.81. The lowest BCUT2D eigenvalue weighted by Gasteiger charge is -2.36. The maximum Gasteiger partial charge on any atom is 0.123 e. The summed E-state index contributed by atoms with van der Waals surface area (Å²) >= 11 is 3.48. The molecule has 0 saturated heterocycles. The van der Waals surface area contributed by atoms with Crippen molar-refractivity contribution >= 4 is 15.9 Å². The van der Waals surface area contributed by atoms with Crippen LogP contribution < -0.4 is 10.1 Å². The van der Waals surface area contributed by atoms with Crippen LogP contribution in [-0.4, -0.2) is 18.7 Å². The van der Waals surface area contributed by atoms with Crippen LogP contribution in [0.4, 0.5) is 0 Å². The second-order valence-corrected chi connectivity index (χ2v) is 5.69. The van der Waals surface area contributed by atoms with Gasteiger partial charge >= 0.3 is 0 Å². The summed E-state index contributed by atoms with van der Waals surface area (Å²) in [6.45, 7) is 5.41. The van der Waals surface area contributed by atoms with E-state index in [1.54, 1.807) is 0 Å². The van der Waals surface area contributed by atoms with Crippen LogP contribution >= 0.6 is 15.9 Å². The van der Waals surface area contributed by atoms with Crippen molar-refractivity contribution in [2.45, 2.75) is 45.3 Å². The smallest absolute Gasteiger partial charge is 0.123 e. The normalized spacial score (nSPS) is 23.2. The second-order valence-electron chi connectivity index (χ2n) is 4.77. The number of benzene rings is 1. The molecule has 1 fully saturated rings. The average molecular weight is 298 g/mol. The Hall–Kier alpha value is -0.540. The molecule has 2 rings (SSSR count). The van der Waals surface area contributed by atoms with Crippen molar-refractivity contribution < 1.29 is 4.74 Å². The fourth-order valence-electron chi connectivity index (χ4n) is 2.06. The number of hydrogen-bond donors (Lipinski definition) is 1. The molecule has 94 valence electrons. The van der Waals surface area contributed by atoms with Crippen molar-refractivity contribution in [2.24, 2.45) is 0 Å². The zero-order chi connectivity index (χ0) is 12.3. The lowest BCUT2D eigenvalue weighted by atomic mass is 9.89. The monoisotopic (exact) mass is 297 g/mol. The molecule has 0 spiro atoms. The Bertz CT molecular complexity index is 374. The van der Waals surface area contributed by atoms with E-state index in [9.17, 15) is 0 Å². The lowest BCUT2D eigenvalue weighted by Crippen LogP contribution is -2.47. The topological polar surface area (TPSA) is 21.3 Å². The number of rotatable bonds is 5. The van der Waals surface area contributed by atoms with Crippen molar-refractivity contribution in [1.82, 2.24) is 5.32 Å². The molecule has 1 aliphatic carbocycles. The first-order valence-corrected chi connectivity index (χ1v) is 7.14. The summed E-state index contributed by atoms with van der Waals surface area (Å²) in [4.78, 5) is 0. The third-order valence-electron chi connectivity index (χ3n) is 3.22. The number of aryl methyl sites for hydroxylation is 1. The first-order chi connectivity index (χ1) is 8.19. The van der Waals surface area contributed by atoms with E-state index >= 15 is 0 Å². The highest BCUT2D eigenvalue weighted by Gasteiger charge is 2.30. The van der Waals surface area contributed by atoms with Crippen LogP contribution in [0.3, 0.4) is 0 Å². The van der Waals surface area contributed by atoms with Gasteiger partial charge in [-0.1, -0.05) is 28.9 Å². The van der Waals surface area contributed by atoms with Gasteiger partial charge in [-0.05, 0) is 50.4 Å². The van der Waals surface area contributed by atoms with Gasteiger partial charge in [-0.2, -0.15) is 0 Å². The van der Waals surface area contributed by atoms with Gasteiger partial charge in [0.15, 0.2) is 0 Å². The molecular weight excluding hydrogens is 278 g/mol.